The van der Waals surface area contributed by atoms with Crippen molar-refractivity contribution in [2.75, 3.05) is 5.73 Å². The van der Waals surface area contributed by atoms with Crippen LogP contribution in [0.4, 0.5) is 5.82 Å². The molecule has 2 rings (SSSR count). The molecule has 0 unspecified atom stereocenters. The zero-order valence-electron chi connectivity index (χ0n) is 8.53. The molecule has 2 aromatic rings. The summed E-state index contributed by atoms with van der Waals surface area (Å²) >= 11 is 3.52. The van der Waals surface area contributed by atoms with Crippen LogP contribution in [-0.4, -0.2) is 15.0 Å². The van der Waals surface area contributed by atoms with Crippen LogP contribution in [0.3, 0.4) is 0 Å². The van der Waals surface area contributed by atoms with E-state index in [0.717, 1.165) is 10.2 Å². The van der Waals surface area contributed by atoms with Gasteiger partial charge in [-0.1, -0.05) is 21.1 Å². The molecule has 0 aliphatic rings. The molecule has 78 valence electrons. The third-order valence-corrected chi connectivity index (χ3v) is 3.45. The molecule has 0 bridgehead atoms. The molecule has 1 aromatic heterocycles. The van der Waals surface area contributed by atoms with Gasteiger partial charge >= 0.3 is 0 Å². The lowest BCUT2D eigenvalue weighted by molar-refractivity contribution is 0.802. The summed E-state index contributed by atoms with van der Waals surface area (Å²) in [6, 6.07) is 4.07. The summed E-state index contributed by atoms with van der Waals surface area (Å²) in [5.74, 6) is 0.424. The second kappa shape index (κ2) is 3.66. The molecule has 1 heterocycles. The van der Waals surface area contributed by atoms with Gasteiger partial charge in [0, 0.05) is 4.47 Å². The Hall–Kier alpha value is -1.36. The smallest absolute Gasteiger partial charge is 0.166 e. The first-order valence-corrected chi connectivity index (χ1v) is 5.32. The van der Waals surface area contributed by atoms with E-state index in [1.807, 2.05) is 26.0 Å². The maximum Gasteiger partial charge on any atom is 0.166 e. The maximum atomic E-state index is 5.52. The summed E-state index contributed by atoms with van der Waals surface area (Å²) in [5, 5.41) is 7.68. The van der Waals surface area contributed by atoms with Crippen LogP contribution in [0, 0.1) is 13.8 Å². The van der Waals surface area contributed by atoms with E-state index in [1.54, 1.807) is 10.9 Å². The Balaban J connectivity index is 2.55. The van der Waals surface area contributed by atoms with Gasteiger partial charge in [0.1, 0.15) is 0 Å². The lowest BCUT2D eigenvalue weighted by atomic mass is 10.1. The quantitative estimate of drug-likeness (QED) is 0.861. The first-order valence-electron chi connectivity index (χ1n) is 4.53. The molecular weight excluding hydrogens is 256 g/mol. The molecule has 0 fully saturated rings. The van der Waals surface area contributed by atoms with Crippen molar-refractivity contribution in [2.24, 2.45) is 0 Å². The van der Waals surface area contributed by atoms with Gasteiger partial charge in [0.2, 0.25) is 0 Å². The largest absolute Gasteiger partial charge is 0.381 e. The molecule has 0 aliphatic carbocycles. The highest BCUT2D eigenvalue weighted by Gasteiger charge is 2.05. The van der Waals surface area contributed by atoms with E-state index in [0.29, 0.717) is 5.82 Å². The third kappa shape index (κ3) is 1.87. The van der Waals surface area contributed by atoms with E-state index in [4.69, 9.17) is 5.73 Å². The van der Waals surface area contributed by atoms with Gasteiger partial charge in [-0.05, 0) is 37.1 Å². The average molecular weight is 267 g/mol. The van der Waals surface area contributed by atoms with Crippen molar-refractivity contribution in [1.82, 2.24) is 15.0 Å². The summed E-state index contributed by atoms with van der Waals surface area (Å²) in [4.78, 5) is 0. The molecule has 0 spiro atoms. The minimum Gasteiger partial charge on any atom is -0.381 e. The number of nitrogens with zero attached hydrogens (tertiary/aromatic N) is 3. The Labute approximate surface area is 96.2 Å². The fraction of sp³-hybridized carbons (Fsp3) is 0.200. The van der Waals surface area contributed by atoms with Crippen LogP contribution in [0.25, 0.3) is 5.69 Å². The molecular formula is C10H11BrN4. The summed E-state index contributed by atoms with van der Waals surface area (Å²) in [6.45, 7) is 4.09. The van der Waals surface area contributed by atoms with Crippen molar-refractivity contribution >= 4 is 21.7 Å². The molecule has 0 saturated heterocycles. The highest BCUT2D eigenvalue weighted by atomic mass is 79.9. The topological polar surface area (TPSA) is 56.7 Å². The predicted molar refractivity (Wildman–Crippen MR) is 62.9 cm³/mol. The summed E-state index contributed by atoms with van der Waals surface area (Å²) in [7, 11) is 0. The number of aryl methyl sites for hydroxylation is 2. The Morgan fingerprint density at radius 1 is 1.27 bits per heavy atom. The van der Waals surface area contributed by atoms with Crippen LogP contribution in [0.15, 0.2) is 22.8 Å². The lowest BCUT2D eigenvalue weighted by Crippen LogP contribution is -1.97. The minimum atomic E-state index is 0.424. The summed E-state index contributed by atoms with van der Waals surface area (Å²) in [6.07, 6.45) is 1.70. The number of halogens is 1. The first-order chi connectivity index (χ1) is 7.08. The number of nitrogens with two attached hydrogens (primary N) is 1. The average Bonchev–Trinajstić information content (AvgIpc) is 2.60. The van der Waals surface area contributed by atoms with Gasteiger partial charge in [-0.15, -0.1) is 5.10 Å². The second-order valence-electron chi connectivity index (χ2n) is 3.48. The predicted octanol–water partition coefficient (Wildman–Crippen LogP) is 2.23. The summed E-state index contributed by atoms with van der Waals surface area (Å²) in [5.41, 5.74) is 8.82. The lowest BCUT2D eigenvalue weighted by Gasteiger charge is -2.06. The fourth-order valence-electron chi connectivity index (χ4n) is 1.46. The number of hydrogen-bond acceptors (Lipinski definition) is 3. The number of anilines is 1. The molecule has 1 aromatic carbocycles. The minimum absolute atomic E-state index is 0.424. The van der Waals surface area contributed by atoms with Gasteiger partial charge in [-0.25, -0.2) is 4.68 Å². The van der Waals surface area contributed by atoms with Gasteiger partial charge in [0.05, 0.1) is 11.9 Å². The van der Waals surface area contributed by atoms with Gasteiger partial charge in [0.15, 0.2) is 5.82 Å². The first kappa shape index (κ1) is 10.2. The van der Waals surface area contributed by atoms with E-state index in [9.17, 15) is 0 Å². The van der Waals surface area contributed by atoms with E-state index >= 15 is 0 Å². The van der Waals surface area contributed by atoms with Gasteiger partial charge in [-0.3, -0.25) is 0 Å². The van der Waals surface area contributed by atoms with Crippen molar-refractivity contribution in [3.8, 4) is 5.69 Å². The third-order valence-electron chi connectivity index (χ3n) is 2.20. The normalized spacial score (nSPS) is 10.6. The van der Waals surface area contributed by atoms with E-state index in [1.165, 1.54) is 11.1 Å². The zero-order valence-corrected chi connectivity index (χ0v) is 10.1. The molecule has 15 heavy (non-hydrogen) atoms. The number of rotatable bonds is 1. The number of hydrogen-bond donors (Lipinski definition) is 1. The van der Waals surface area contributed by atoms with E-state index < -0.39 is 0 Å². The molecule has 0 aliphatic heterocycles. The van der Waals surface area contributed by atoms with Crippen molar-refractivity contribution in [2.45, 2.75) is 13.8 Å². The Kier molecular flexibility index (Phi) is 2.48. The highest BCUT2D eigenvalue weighted by Crippen LogP contribution is 2.24. The van der Waals surface area contributed by atoms with Gasteiger partial charge in [-0.2, -0.15) is 0 Å². The molecule has 4 nitrogen and oxygen atoms in total. The molecule has 2 N–H and O–H groups in total. The number of nitrogen functional groups attached to an aromatic ring is 1. The monoisotopic (exact) mass is 266 g/mol. The molecule has 0 atom stereocenters. The van der Waals surface area contributed by atoms with Gasteiger partial charge in [0.25, 0.3) is 0 Å². The highest BCUT2D eigenvalue weighted by molar-refractivity contribution is 9.10. The Bertz CT molecular complexity index is 481. The number of benzene rings is 1. The molecule has 5 heteroatoms. The maximum absolute atomic E-state index is 5.52. The van der Waals surface area contributed by atoms with Crippen LogP contribution in [0.5, 0.6) is 0 Å². The van der Waals surface area contributed by atoms with Crippen molar-refractivity contribution in [3.63, 3.8) is 0 Å². The van der Waals surface area contributed by atoms with E-state index in [-0.39, 0.29) is 0 Å². The molecule has 0 amide bonds. The standard InChI is InChI=1S/C10H11BrN4/c1-6-3-8(4-7(2)10(6)11)15-5-9(12)13-14-15/h3-5H,12H2,1-2H3. The van der Waals surface area contributed by atoms with Crippen molar-refractivity contribution in [3.05, 3.63) is 33.9 Å². The van der Waals surface area contributed by atoms with Crippen LogP contribution in [-0.2, 0) is 0 Å². The summed E-state index contributed by atoms with van der Waals surface area (Å²) < 4.78 is 2.79. The Morgan fingerprint density at radius 2 is 1.87 bits per heavy atom. The fourth-order valence-corrected chi connectivity index (χ4v) is 1.69. The van der Waals surface area contributed by atoms with Gasteiger partial charge < -0.3 is 5.73 Å². The SMILES string of the molecule is Cc1cc(-n2cc(N)nn2)cc(C)c1Br. The number of aromatic nitrogens is 3. The van der Waals surface area contributed by atoms with Crippen LogP contribution in [0.2, 0.25) is 0 Å². The van der Waals surface area contributed by atoms with E-state index in [2.05, 4.69) is 26.2 Å². The Morgan fingerprint density at radius 3 is 2.33 bits per heavy atom. The van der Waals surface area contributed by atoms with Crippen LogP contribution >= 0.6 is 15.9 Å². The van der Waals surface area contributed by atoms with Crippen molar-refractivity contribution < 1.29 is 0 Å². The van der Waals surface area contributed by atoms with Crippen molar-refractivity contribution in [1.29, 1.82) is 0 Å². The zero-order chi connectivity index (χ0) is 11.0. The van der Waals surface area contributed by atoms with Crippen LogP contribution < -0.4 is 5.73 Å². The van der Waals surface area contributed by atoms with Crippen LogP contribution in [0.1, 0.15) is 11.1 Å². The molecule has 0 radical (unpaired) electrons. The second-order valence-corrected chi connectivity index (χ2v) is 4.27. The molecule has 0 saturated carbocycles.